The number of hydrogen-bond acceptors (Lipinski definition) is 2. The Hall–Kier alpha value is -3.82. The molecule has 4 nitrogen and oxygen atoms in total. The number of hydrogen-bond donors (Lipinski definition) is 2. The van der Waals surface area contributed by atoms with Crippen molar-refractivity contribution in [3.63, 3.8) is 0 Å². The molecule has 4 rings (SSSR count). The van der Waals surface area contributed by atoms with Gasteiger partial charge in [0.15, 0.2) is 0 Å². The molecule has 0 spiro atoms. The van der Waals surface area contributed by atoms with E-state index in [1.54, 1.807) is 30.3 Å². The van der Waals surface area contributed by atoms with Gasteiger partial charge in [0.1, 0.15) is 0 Å². The Morgan fingerprint density at radius 1 is 0.837 bits per heavy atom. The highest BCUT2D eigenvalue weighted by molar-refractivity contribution is 5.89. The Labute approximate surface area is 246 Å². The topological polar surface area (TPSA) is 58.2 Å². The van der Waals surface area contributed by atoms with E-state index in [1.807, 2.05) is 30.3 Å². The van der Waals surface area contributed by atoms with Crippen LogP contribution in [-0.4, -0.2) is 17.9 Å². The zero-order valence-electron chi connectivity index (χ0n) is 23.7. The summed E-state index contributed by atoms with van der Waals surface area (Å²) in [6.45, 7) is 1.37. The van der Waals surface area contributed by atoms with Crippen LogP contribution < -0.4 is 10.6 Å². The molecular weight excluding hydrogens is 570 g/mol. The third kappa shape index (κ3) is 8.18. The fraction of sp³-hybridized carbons (Fsp3) is 0.394. The third-order valence-electron chi connectivity index (χ3n) is 8.13. The van der Waals surface area contributed by atoms with Crippen LogP contribution in [0.3, 0.4) is 0 Å². The molecule has 0 aliphatic heterocycles. The number of rotatable bonds is 9. The number of alkyl halides is 6. The highest BCUT2D eigenvalue weighted by atomic mass is 19.4. The molecule has 2 amide bonds. The molecule has 0 aromatic heterocycles. The van der Waals surface area contributed by atoms with Crippen molar-refractivity contribution in [1.29, 1.82) is 0 Å². The minimum atomic E-state index is -4.99. The Morgan fingerprint density at radius 3 is 1.91 bits per heavy atom. The summed E-state index contributed by atoms with van der Waals surface area (Å²) in [4.78, 5) is 26.4. The fourth-order valence-electron chi connectivity index (χ4n) is 5.70. The highest BCUT2D eigenvalue weighted by Gasteiger charge is 2.44. The van der Waals surface area contributed by atoms with Gasteiger partial charge in [-0.15, -0.1) is 0 Å². The van der Waals surface area contributed by atoms with Crippen molar-refractivity contribution in [2.45, 2.75) is 81.7 Å². The van der Waals surface area contributed by atoms with Gasteiger partial charge in [0, 0.05) is 12.5 Å². The van der Waals surface area contributed by atoms with E-state index < -0.39 is 40.8 Å². The standard InChI is InChI=1S/C33H34F6N2O2/c1-22(24-19-26(32(34,35)36)21-27(20-24)33(37,38)39)40-30(43)31(25-12-6-3-7-13-25)17-15-28(16-18-31)41-29(42)14-8-11-23-9-4-2-5-10-23/h2-7,9-10,12-13,19-22,28H,8,11,14-18H2,1H3,(H,40,43)(H,41,42)/t22?,28-,31-. The van der Waals surface area contributed by atoms with Gasteiger partial charge in [0.2, 0.25) is 11.8 Å². The number of halogens is 6. The van der Waals surface area contributed by atoms with E-state index >= 15 is 0 Å². The molecule has 1 atom stereocenters. The maximum atomic E-state index is 13.8. The largest absolute Gasteiger partial charge is 0.416 e. The zero-order chi connectivity index (χ0) is 31.3. The second-order valence-corrected chi connectivity index (χ2v) is 11.2. The van der Waals surface area contributed by atoms with E-state index in [0.29, 0.717) is 56.2 Å². The second-order valence-electron chi connectivity index (χ2n) is 11.2. The van der Waals surface area contributed by atoms with Crippen LogP contribution in [0.4, 0.5) is 26.3 Å². The number of carbonyl (C=O) groups is 2. The van der Waals surface area contributed by atoms with Gasteiger partial charge in [0.25, 0.3) is 0 Å². The van der Waals surface area contributed by atoms with Gasteiger partial charge < -0.3 is 10.6 Å². The number of benzene rings is 3. The van der Waals surface area contributed by atoms with Crippen LogP contribution in [0.15, 0.2) is 78.9 Å². The monoisotopic (exact) mass is 604 g/mol. The molecule has 230 valence electrons. The number of aryl methyl sites for hydroxylation is 1. The normalized spacial score (nSPS) is 19.8. The highest BCUT2D eigenvalue weighted by Crippen LogP contribution is 2.41. The molecule has 1 aliphatic carbocycles. The van der Waals surface area contributed by atoms with Crippen molar-refractivity contribution < 1.29 is 35.9 Å². The molecule has 3 aromatic rings. The molecule has 0 saturated heterocycles. The Bertz CT molecular complexity index is 1350. The maximum Gasteiger partial charge on any atom is 0.416 e. The minimum absolute atomic E-state index is 0.0702. The summed E-state index contributed by atoms with van der Waals surface area (Å²) in [5.74, 6) is -0.555. The van der Waals surface area contributed by atoms with E-state index in [4.69, 9.17) is 0 Å². The summed E-state index contributed by atoms with van der Waals surface area (Å²) in [5, 5.41) is 5.76. The van der Waals surface area contributed by atoms with E-state index in [1.165, 1.54) is 6.92 Å². The summed E-state index contributed by atoms with van der Waals surface area (Å²) in [7, 11) is 0. The summed E-state index contributed by atoms with van der Waals surface area (Å²) < 4.78 is 80.5. The van der Waals surface area contributed by atoms with E-state index in [-0.39, 0.29) is 23.6 Å². The van der Waals surface area contributed by atoms with Gasteiger partial charge in [0.05, 0.1) is 22.6 Å². The lowest BCUT2D eigenvalue weighted by Gasteiger charge is -2.40. The predicted octanol–water partition coefficient (Wildman–Crippen LogP) is 7.92. The molecule has 1 aliphatic rings. The molecule has 3 aromatic carbocycles. The smallest absolute Gasteiger partial charge is 0.353 e. The van der Waals surface area contributed by atoms with E-state index in [2.05, 4.69) is 10.6 Å². The Balaban J connectivity index is 1.46. The number of nitrogens with one attached hydrogen (secondary N) is 2. The van der Waals surface area contributed by atoms with E-state index in [0.717, 1.165) is 12.0 Å². The van der Waals surface area contributed by atoms with Crippen LogP contribution in [0.1, 0.15) is 79.3 Å². The lowest BCUT2D eigenvalue weighted by atomic mass is 9.67. The average molecular weight is 605 g/mol. The molecule has 43 heavy (non-hydrogen) atoms. The lowest BCUT2D eigenvalue weighted by Crippen LogP contribution is -2.50. The van der Waals surface area contributed by atoms with Crippen LogP contribution >= 0.6 is 0 Å². The van der Waals surface area contributed by atoms with Crippen LogP contribution in [-0.2, 0) is 33.8 Å². The van der Waals surface area contributed by atoms with Gasteiger partial charge >= 0.3 is 12.4 Å². The van der Waals surface area contributed by atoms with Crippen LogP contribution in [0.25, 0.3) is 0 Å². The molecule has 10 heteroatoms. The van der Waals surface area contributed by atoms with Crippen LogP contribution in [0, 0.1) is 0 Å². The quantitative estimate of drug-likeness (QED) is 0.244. The fourth-order valence-corrected chi connectivity index (χ4v) is 5.70. The summed E-state index contributed by atoms with van der Waals surface area (Å²) >= 11 is 0. The Kier molecular flexibility index (Phi) is 9.87. The number of carbonyl (C=O) groups excluding carboxylic acids is 2. The predicted molar refractivity (Wildman–Crippen MR) is 151 cm³/mol. The lowest BCUT2D eigenvalue weighted by molar-refractivity contribution is -0.143. The van der Waals surface area contributed by atoms with Gasteiger partial charge in [-0.05, 0) is 80.3 Å². The van der Waals surface area contributed by atoms with Crippen LogP contribution in [0.5, 0.6) is 0 Å². The first-order valence-electron chi connectivity index (χ1n) is 14.3. The second kappa shape index (κ2) is 13.2. The summed E-state index contributed by atoms with van der Waals surface area (Å²) in [6.07, 6.45) is -6.46. The number of amides is 2. The molecule has 1 unspecified atom stereocenters. The molecule has 0 radical (unpaired) electrons. The van der Waals surface area contributed by atoms with Crippen LogP contribution in [0.2, 0.25) is 0 Å². The summed E-state index contributed by atoms with van der Waals surface area (Å²) in [5.41, 5.74) is -2.37. The third-order valence-corrected chi connectivity index (χ3v) is 8.13. The first kappa shape index (κ1) is 32.1. The molecule has 1 fully saturated rings. The van der Waals surface area contributed by atoms with Crippen molar-refractivity contribution in [3.05, 3.63) is 107 Å². The molecular formula is C33H34F6N2O2. The minimum Gasteiger partial charge on any atom is -0.353 e. The van der Waals surface area contributed by atoms with Crippen molar-refractivity contribution in [1.82, 2.24) is 10.6 Å². The van der Waals surface area contributed by atoms with Crippen molar-refractivity contribution in [3.8, 4) is 0 Å². The van der Waals surface area contributed by atoms with Gasteiger partial charge in [-0.1, -0.05) is 60.7 Å². The molecule has 2 N–H and O–H groups in total. The molecule has 1 saturated carbocycles. The van der Waals surface area contributed by atoms with Gasteiger partial charge in [-0.3, -0.25) is 9.59 Å². The van der Waals surface area contributed by atoms with E-state index in [9.17, 15) is 35.9 Å². The molecule has 0 heterocycles. The maximum absolute atomic E-state index is 13.8. The first-order valence-corrected chi connectivity index (χ1v) is 14.3. The SMILES string of the molecule is CC(NC(=O)[C@]1(c2ccccc2)CC[C@@H](NC(=O)CCCc2ccccc2)CC1)c1cc(C(F)(F)F)cc(C(F)(F)F)c1. The van der Waals surface area contributed by atoms with Crippen molar-refractivity contribution >= 4 is 11.8 Å². The van der Waals surface area contributed by atoms with Gasteiger partial charge in [-0.2, -0.15) is 26.3 Å². The average Bonchev–Trinajstić information content (AvgIpc) is 2.97. The zero-order valence-corrected chi connectivity index (χ0v) is 23.7. The first-order chi connectivity index (χ1) is 20.3. The summed E-state index contributed by atoms with van der Waals surface area (Å²) in [6, 6.07) is 18.9. The van der Waals surface area contributed by atoms with Crippen molar-refractivity contribution in [2.24, 2.45) is 0 Å². The molecule has 0 bridgehead atoms. The Morgan fingerprint density at radius 2 is 1.37 bits per heavy atom. The van der Waals surface area contributed by atoms with Gasteiger partial charge in [-0.25, -0.2) is 0 Å². The van der Waals surface area contributed by atoms with Crippen molar-refractivity contribution in [2.75, 3.05) is 0 Å².